The number of alkyl halides is 2. The number of aromatic amines is 1. The van der Waals surface area contributed by atoms with Crippen LogP contribution < -0.4 is 10.5 Å². The highest BCUT2D eigenvalue weighted by Gasteiger charge is 2.20. The van der Waals surface area contributed by atoms with E-state index in [4.69, 9.17) is 4.74 Å². The summed E-state index contributed by atoms with van der Waals surface area (Å²) >= 11 is 0. The van der Waals surface area contributed by atoms with E-state index in [1.54, 1.807) is 15.5 Å². The van der Waals surface area contributed by atoms with Crippen molar-refractivity contribution >= 4 is 28.5 Å². The lowest BCUT2D eigenvalue weighted by atomic mass is 10.1. The van der Waals surface area contributed by atoms with Gasteiger partial charge in [0.15, 0.2) is 0 Å². The van der Waals surface area contributed by atoms with Gasteiger partial charge in [0.05, 0.1) is 11.0 Å². The predicted octanol–water partition coefficient (Wildman–Crippen LogP) is 2.78. The summed E-state index contributed by atoms with van der Waals surface area (Å²) < 4.78 is 33.1. The van der Waals surface area contributed by atoms with Gasteiger partial charge in [-0.2, -0.15) is 4.99 Å². The van der Waals surface area contributed by atoms with Crippen molar-refractivity contribution in [2.75, 3.05) is 31.3 Å². The second-order valence-corrected chi connectivity index (χ2v) is 7.67. The number of hydrogen-bond donors (Lipinski definition) is 2. The first kappa shape index (κ1) is 22.8. The minimum Gasteiger partial charge on any atom is -0.396 e. The molecule has 0 bridgehead atoms. The number of nitrogens with zero attached hydrogens (tertiary/aromatic N) is 3. The second kappa shape index (κ2) is 10.1. The molecule has 8 nitrogen and oxygen atoms in total. The third kappa shape index (κ3) is 5.01. The van der Waals surface area contributed by atoms with E-state index in [-0.39, 0.29) is 35.9 Å². The summed E-state index contributed by atoms with van der Waals surface area (Å²) in [6.45, 7) is 1.41. The van der Waals surface area contributed by atoms with Crippen molar-refractivity contribution in [1.29, 1.82) is 0 Å². The Bertz CT molecular complexity index is 1230. The highest BCUT2D eigenvalue weighted by atomic mass is 19.3. The molecule has 0 atom stereocenters. The molecule has 0 radical (unpaired) electrons. The number of rotatable bonds is 6. The van der Waals surface area contributed by atoms with Crippen molar-refractivity contribution in [3.8, 4) is 0 Å². The summed E-state index contributed by atoms with van der Waals surface area (Å²) in [6, 6.07) is 10.6. The van der Waals surface area contributed by atoms with Gasteiger partial charge in [-0.15, -0.1) is 0 Å². The largest absolute Gasteiger partial charge is 0.396 e. The molecular formula is C23H24F2N4O4. The molecule has 2 heterocycles. The van der Waals surface area contributed by atoms with Crippen molar-refractivity contribution in [2.45, 2.75) is 25.8 Å². The molecule has 1 fully saturated rings. The molecule has 0 unspecified atom stereocenters. The Balaban J connectivity index is 1.75. The topological polar surface area (TPSA) is 99.9 Å². The summed E-state index contributed by atoms with van der Waals surface area (Å²) in [7, 11) is 0. The normalized spacial score (nSPS) is 15.5. The number of anilines is 1. The van der Waals surface area contributed by atoms with Crippen LogP contribution in [-0.2, 0) is 16.1 Å². The number of carbonyl (C=O) groups excluding carboxylic acids is 2. The number of aryl methyl sites for hydroxylation is 1. The summed E-state index contributed by atoms with van der Waals surface area (Å²) in [5, 5.41) is 9.29. The van der Waals surface area contributed by atoms with E-state index in [1.807, 2.05) is 12.1 Å². The van der Waals surface area contributed by atoms with Crippen LogP contribution in [0, 0.1) is 0 Å². The van der Waals surface area contributed by atoms with Crippen LogP contribution in [-0.4, -0.2) is 52.8 Å². The number of ether oxygens (including phenoxy) is 1. The molecule has 3 aromatic rings. The molecule has 1 saturated heterocycles. The van der Waals surface area contributed by atoms with E-state index < -0.39 is 12.3 Å². The molecule has 33 heavy (non-hydrogen) atoms. The fraction of sp³-hybridized carbons (Fsp3) is 0.348. The molecule has 1 aliphatic heterocycles. The summed E-state index contributed by atoms with van der Waals surface area (Å²) in [4.78, 5) is 34.0. The van der Waals surface area contributed by atoms with Gasteiger partial charge in [-0.3, -0.25) is 9.59 Å². The Morgan fingerprint density at radius 1 is 1.24 bits per heavy atom. The second-order valence-electron chi connectivity index (χ2n) is 7.67. The van der Waals surface area contributed by atoms with E-state index in [9.17, 15) is 23.5 Å². The maximum Gasteiger partial charge on any atom is 0.280 e. The number of H-pyrrole nitrogens is 1. The number of aromatic nitrogens is 2. The van der Waals surface area contributed by atoms with E-state index in [2.05, 4.69) is 9.98 Å². The van der Waals surface area contributed by atoms with Gasteiger partial charge in [0.1, 0.15) is 6.61 Å². The van der Waals surface area contributed by atoms with Crippen molar-refractivity contribution in [3.63, 3.8) is 0 Å². The Hall–Kier alpha value is -3.37. The summed E-state index contributed by atoms with van der Waals surface area (Å²) in [6.07, 6.45) is -1.54. The highest BCUT2D eigenvalue weighted by Crippen LogP contribution is 2.23. The number of aliphatic hydroxyl groups is 1. The maximum atomic E-state index is 13.0. The average Bonchev–Trinajstić information content (AvgIpc) is 2.99. The lowest BCUT2D eigenvalue weighted by Crippen LogP contribution is -2.32. The first-order chi connectivity index (χ1) is 16.0. The third-order valence-electron chi connectivity index (χ3n) is 5.41. The molecule has 0 saturated carbocycles. The third-order valence-corrected chi connectivity index (χ3v) is 5.41. The molecular weight excluding hydrogens is 434 g/mol. The lowest BCUT2D eigenvalue weighted by molar-refractivity contribution is -0.122. The van der Waals surface area contributed by atoms with Crippen molar-refractivity contribution in [3.05, 3.63) is 59.2 Å². The fourth-order valence-electron chi connectivity index (χ4n) is 3.80. The number of fused-ring (bicyclic) bond motifs is 1. The Morgan fingerprint density at radius 3 is 2.88 bits per heavy atom. The number of nitrogens with one attached hydrogen (secondary N) is 1. The molecule has 10 heteroatoms. The number of hydrogen-bond acceptors (Lipinski definition) is 4. The minimum atomic E-state index is -2.69. The van der Waals surface area contributed by atoms with Crippen LogP contribution in [0.15, 0.2) is 47.5 Å². The molecule has 2 aromatic carbocycles. The minimum absolute atomic E-state index is 0.0199. The molecule has 2 amide bonds. The van der Waals surface area contributed by atoms with Crippen LogP contribution in [0.4, 0.5) is 14.5 Å². The van der Waals surface area contributed by atoms with E-state index in [0.29, 0.717) is 37.3 Å². The molecule has 4 rings (SSSR count). The summed E-state index contributed by atoms with van der Waals surface area (Å²) in [5.41, 5.74) is 2.10. The van der Waals surface area contributed by atoms with Crippen LogP contribution in [0.3, 0.4) is 0 Å². The number of imidazole rings is 1. The molecule has 1 aromatic heterocycles. The molecule has 0 spiro atoms. The van der Waals surface area contributed by atoms with E-state index in [1.165, 1.54) is 18.2 Å². The van der Waals surface area contributed by atoms with Gasteiger partial charge in [0.2, 0.25) is 5.62 Å². The Kier molecular flexibility index (Phi) is 6.95. The fourth-order valence-corrected chi connectivity index (χ4v) is 3.80. The predicted molar refractivity (Wildman–Crippen MR) is 117 cm³/mol. The monoisotopic (exact) mass is 458 g/mol. The van der Waals surface area contributed by atoms with Crippen molar-refractivity contribution in [2.24, 2.45) is 4.99 Å². The van der Waals surface area contributed by atoms with Crippen LogP contribution in [0.2, 0.25) is 0 Å². The van der Waals surface area contributed by atoms with Gasteiger partial charge < -0.3 is 24.3 Å². The van der Waals surface area contributed by atoms with Crippen LogP contribution in [0.5, 0.6) is 0 Å². The molecule has 0 aliphatic carbocycles. The molecule has 174 valence electrons. The Labute approximate surface area is 188 Å². The lowest BCUT2D eigenvalue weighted by Gasteiger charge is -2.20. The number of aliphatic hydroxyl groups excluding tert-OH is 1. The smallest absolute Gasteiger partial charge is 0.280 e. The average molecular weight is 458 g/mol. The van der Waals surface area contributed by atoms with Crippen LogP contribution in [0.1, 0.15) is 35.2 Å². The number of benzene rings is 2. The van der Waals surface area contributed by atoms with Gasteiger partial charge in [0.25, 0.3) is 18.2 Å². The van der Waals surface area contributed by atoms with E-state index in [0.717, 1.165) is 18.0 Å². The number of amides is 2. The molecule has 2 N–H and O–H groups in total. The van der Waals surface area contributed by atoms with Gasteiger partial charge in [-0.1, -0.05) is 12.1 Å². The van der Waals surface area contributed by atoms with Crippen LogP contribution >= 0.6 is 0 Å². The highest BCUT2D eigenvalue weighted by molar-refractivity contribution is 5.97. The Morgan fingerprint density at radius 2 is 2.09 bits per heavy atom. The van der Waals surface area contributed by atoms with E-state index >= 15 is 0 Å². The number of halogens is 2. The zero-order chi connectivity index (χ0) is 23.4. The number of carbonyl (C=O) groups is 2. The zero-order valence-corrected chi connectivity index (χ0v) is 17.8. The van der Waals surface area contributed by atoms with Gasteiger partial charge in [-0.05, 0) is 43.2 Å². The van der Waals surface area contributed by atoms with Crippen molar-refractivity contribution < 1.29 is 28.2 Å². The maximum absolute atomic E-state index is 13.0. The van der Waals surface area contributed by atoms with Crippen molar-refractivity contribution in [1.82, 2.24) is 9.55 Å². The van der Waals surface area contributed by atoms with Gasteiger partial charge in [-0.25, -0.2) is 8.78 Å². The first-order valence-corrected chi connectivity index (χ1v) is 10.7. The zero-order valence-electron chi connectivity index (χ0n) is 17.8. The first-order valence-electron chi connectivity index (χ1n) is 10.7. The van der Waals surface area contributed by atoms with Gasteiger partial charge in [0, 0.05) is 43.1 Å². The standard InChI is InChI=1S/C23H24F2N4O4/c24-21(25)15-4-1-5-16(12-15)22(32)27-23-26-18-13-17(28-9-3-11-33-14-20(28)31)6-7-19(18)29(23)8-2-10-30/h1,4-7,12-13,21,30H,2-3,8-11,14H2,(H,26,27,32). The summed E-state index contributed by atoms with van der Waals surface area (Å²) in [5.74, 6) is -0.799. The SMILES string of the molecule is O=C(/N=c1\[nH]c2cc(N3CCCOCC3=O)ccc2n1CCCO)c1cccc(C(F)F)c1. The van der Waals surface area contributed by atoms with Crippen LogP contribution in [0.25, 0.3) is 11.0 Å². The van der Waals surface area contributed by atoms with Gasteiger partial charge >= 0.3 is 0 Å². The quantitative estimate of drug-likeness (QED) is 0.593. The molecule has 1 aliphatic rings.